The zero-order chi connectivity index (χ0) is 14.7. The van der Waals surface area contributed by atoms with E-state index in [2.05, 4.69) is 10.1 Å². The van der Waals surface area contributed by atoms with Crippen molar-refractivity contribution in [3.8, 4) is 0 Å². The van der Waals surface area contributed by atoms with Gasteiger partial charge in [0.25, 0.3) is 0 Å². The van der Waals surface area contributed by atoms with Gasteiger partial charge in [-0.2, -0.15) is 0 Å². The average molecular weight is 277 g/mol. The molecule has 0 aromatic heterocycles. The van der Waals surface area contributed by atoms with Crippen LogP contribution in [0, 0.1) is 0 Å². The smallest absolute Gasteiger partial charge is 0.407 e. The molecule has 19 heavy (non-hydrogen) atoms. The van der Waals surface area contributed by atoms with Crippen molar-refractivity contribution >= 4 is 12.1 Å². The zero-order valence-electron chi connectivity index (χ0n) is 11.4. The van der Waals surface area contributed by atoms with Gasteiger partial charge < -0.3 is 25.0 Å². The molecule has 0 saturated heterocycles. The molecule has 112 valence electrons. The van der Waals surface area contributed by atoms with Crippen LogP contribution in [-0.4, -0.2) is 54.7 Å². The number of aliphatic hydroxyl groups is 1. The number of hydrogen-bond acceptors (Lipinski definition) is 5. The lowest BCUT2D eigenvalue weighted by Crippen LogP contribution is -2.44. The molecule has 3 N–H and O–H groups in total. The van der Waals surface area contributed by atoms with Crippen LogP contribution in [-0.2, 0) is 14.3 Å². The van der Waals surface area contributed by atoms with E-state index < -0.39 is 24.2 Å². The van der Waals surface area contributed by atoms with Gasteiger partial charge in [-0.3, -0.25) is 4.79 Å². The minimum Gasteiger partial charge on any atom is -0.481 e. The Morgan fingerprint density at radius 2 is 1.95 bits per heavy atom. The molecular weight excluding hydrogens is 254 g/mol. The predicted molar refractivity (Wildman–Crippen MR) is 67.9 cm³/mol. The summed E-state index contributed by atoms with van der Waals surface area (Å²) in [6.07, 6.45) is 1.01. The molecule has 0 heterocycles. The van der Waals surface area contributed by atoms with Gasteiger partial charge >= 0.3 is 12.1 Å². The molecule has 0 radical (unpaired) electrons. The van der Waals surface area contributed by atoms with E-state index in [1.54, 1.807) is 6.92 Å². The Hall–Kier alpha value is -1.34. The van der Waals surface area contributed by atoms with E-state index in [1.807, 2.05) is 0 Å². The van der Waals surface area contributed by atoms with E-state index in [0.717, 1.165) is 19.3 Å². The quantitative estimate of drug-likeness (QED) is 0.509. The summed E-state index contributed by atoms with van der Waals surface area (Å²) in [5, 5.41) is 19.8. The van der Waals surface area contributed by atoms with E-state index in [4.69, 9.17) is 14.9 Å². The molecule has 2 unspecified atom stereocenters. The second-order valence-corrected chi connectivity index (χ2v) is 4.20. The molecule has 0 fully saturated rings. The number of hydrogen-bond donors (Lipinski definition) is 3. The van der Waals surface area contributed by atoms with Crippen LogP contribution in [0.5, 0.6) is 0 Å². The van der Waals surface area contributed by atoms with Crippen molar-refractivity contribution in [3.63, 3.8) is 0 Å². The molecule has 0 rings (SSSR count). The predicted octanol–water partition coefficient (Wildman–Crippen LogP) is 0.753. The third-order valence-electron chi connectivity index (χ3n) is 2.63. The van der Waals surface area contributed by atoms with Crippen molar-refractivity contribution in [1.29, 1.82) is 0 Å². The first kappa shape index (κ1) is 17.7. The molecule has 0 saturated carbocycles. The maximum absolute atomic E-state index is 11.1. The Morgan fingerprint density at radius 1 is 1.26 bits per heavy atom. The normalized spacial score (nSPS) is 13.6. The number of carboxylic acids is 1. The number of carboxylic acid groups (broad SMARTS) is 1. The van der Waals surface area contributed by atoms with Crippen LogP contribution in [0.1, 0.15) is 32.6 Å². The number of amides is 1. The topological polar surface area (TPSA) is 105 Å². The maximum atomic E-state index is 11.1. The molecular formula is C12H23NO6. The Labute approximate surface area is 112 Å². The first-order valence-electron chi connectivity index (χ1n) is 6.30. The number of alkyl carbamates (subject to hydrolysis) is 1. The van der Waals surface area contributed by atoms with Crippen LogP contribution in [0.4, 0.5) is 4.79 Å². The number of ether oxygens (including phenoxy) is 2. The van der Waals surface area contributed by atoms with Gasteiger partial charge in [0.1, 0.15) is 0 Å². The summed E-state index contributed by atoms with van der Waals surface area (Å²) < 4.78 is 9.93. The summed E-state index contributed by atoms with van der Waals surface area (Å²) in [5.41, 5.74) is 0. The summed E-state index contributed by atoms with van der Waals surface area (Å²) in [6.45, 7) is 2.32. The first-order valence-corrected chi connectivity index (χ1v) is 6.30. The molecule has 0 aromatic rings. The molecule has 0 aliphatic heterocycles. The fourth-order valence-electron chi connectivity index (χ4n) is 1.51. The van der Waals surface area contributed by atoms with Crippen LogP contribution in [0.2, 0.25) is 0 Å². The van der Waals surface area contributed by atoms with Crippen LogP contribution in [0.15, 0.2) is 0 Å². The summed E-state index contributed by atoms with van der Waals surface area (Å²) in [4.78, 5) is 21.8. The Morgan fingerprint density at radius 3 is 2.47 bits per heavy atom. The van der Waals surface area contributed by atoms with Crippen molar-refractivity contribution in [2.75, 3.05) is 20.3 Å². The summed E-state index contributed by atoms with van der Waals surface area (Å²) in [5.74, 6) is -1.02. The highest BCUT2D eigenvalue weighted by molar-refractivity contribution is 5.71. The molecule has 7 nitrogen and oxygen atoms in total. The first-order chi connectivity index (χ1) is 9.01. The van der Waals surface area contributed by atoms with Gasteiger partial charge in [0.2, 0.25) is 0 Å². The van der Waals surface area contributed by atoms with Crippen LogP contribution < -0.4 is 5.32 Å². The number of nitrogens with one attached hydrogen (secondary N) is 1. The Bertz CT molecular complexity index is 271. The van der Waals surface area contributed by atoms with E-state index in [9.17, 15) is 9.59 Å². The zero-order valence-corrected chi connectivity index (χ0v) is 11.4. The third kappa shape index (κ3) is 9.26. The van der Waals surface area contributed by atoms with Crippen molar-refractivity contribution in [2.24, 2.45) is 0 Å². The van der Waals surface area contributed by atoms with Gasteiger partial charge in [-0.15, -0.1) is 0 Å². The van der Waals surface area contributed by atoms with E-state index in [0.29, 0.717) is 6.61 Å². The van der Waals surface area contributed by atoms with Crippen molar-refractivity contribution in [1.82, 2.24) is 5.32 Å². The van der Waals surface area contributed by atoms with Gasteiger partial charge in [-0.1, -0.05) is 0 Å². The number of rotatable bonds is 10. The van der Waals surface area contributed by atoms with Crippen LogP contribution in [0.25, 0.3) is 0 Å². The number of aliphatic hydroxyl groups excluding tert-OH is 1. The summed E-state index contributed by atoms with van der Waals surface area (Å²) in [6, 6.07) is -0.636. The number of carbonyl (C=O) groups excluding carboxylic acids is 1. The van der Waals surface area contributed by atoms with Crippen molar-refractivity contribution < 1.29 is 29.3 Å². The molecule has 0 bridgehead atoms. The number of unbranched alkanes of at least 4 members (excludes halogenated alkanes) is 2. The van der Waals surface area contributed by atoms with Gasteiger partial charge in [-0.25, -0.2) is 4.79 Å². The minimum atomic E-state index is -1.02. The van der Waals surface area contributed by atoms with Gasteiger partial charge in [0, 0.05) is 13.2 Å². The average Bonchev–Trinajstić information content (AvgIpc) is 2.36. The number of aliphatic carboxylic acids is 1. The fourth-order valence-corrected chi connectivity index (χ4v) is 1.51. The van der Waals surface area contributed by atoms with Crippen LogP contribution in [0.3, 0.4) is 0 Å². The lowest BCUT2D eigenvalue weighted by atomic mass is 10.1. The lowest BCUT2D eigenvalue weighted by Gasteiger charge is -2.23. The second-order valence-electron chi connectivity index (χ2n) is 4.20. The van der Waals surface area contributed by atoms with E-state index in [-0.39, 0.29) is 13.0 Å². The largest absolute Gasteiger partial charge is 0.481 e. The molecule has 0 aliphatic rings. The lowest BCUT2D eigenvalue weighted by molar-refractivity contribution is -0.138. The maximum Gasteiger partial charge on any atom is 0.407 e. The molecule has 1 amide bonds. The fraction of sp³-hybridized carbons (Fsp3) is 0.833. The SMILES string of the molecule is COC(=O)NC(CC(=O)O)C(C)OCCCCCO. The van der Waals surface area contributed by atoms with Crippen molar-refractivity contribution in [2.45, 2.75) is 44.8 Å². The second kappa shape index (κ2) is 10.6. The molecule has 0 aliphatic carbocycles. The van der Waals surface area contributed by atoms with E-state index in [1.165, 1.54) is 7.11 Å². The van der Waals surface area contributed by atoms with Crippen molar-refractivity contribution in [3.05, 3.63) is 0 Å². The highest BCUT2D eigenvalue weighted by atomic mass is 16.5. The van der Waals surface area contributed by atoms with Gasteiger partial charge in [-0.05, 0) is 26.2 Å². The molecule has 0 aromatic carbocycles. The Balaban J connectivity index is 4.10. The monoisotopic (exact) mass is 277 g/mol. The highest BCUT2D eigenvalue weighted by Crippen LogP contribution is 2.06. The van der Waals surface area contributed by atoms with Gasteiger partial charge in [0.05, 0.1) is 25.7 Å². The highest BCUT2D eigenvalue weighted by Gasteiger charge is 2.23. The number of methoxy groups -OCH3 is 1. The van der Waals surface area contributed by atoms with E-state index >= 15 is 0 Å². The standard InChI is InChI=1S/C12H23NO6/c1-9(19-7-5-3-4-6-14)10(8-11(15)16)13-12(17)18-2/h9-10,14H,3-8H2,1-2H3,(H,13,17)(H,15,16). The summed E-state index contributed by atoms with van der Waals surface area (Å²) >= 11 is 0. The van der Waals surface area contributed by atoms with Gasteiger partial charge in [0.15, 0.2) is 0 Å². The molecule has 7 heteroatoms. The molecule has 0 spiro atoms. The number of carbonyl (C=O) groups is 2. The summed E-state index contributed by atoms with van der Waals surface area (Å²) in [7, 11) is 1.22. The molecule has 2 atom stereocenters. The minimum absolute atomic E-state index is 0.154. The van der Waals surface area contributed by atoms with Crippen LogP contribution >= 0.6 is 0 Å². The third-order valence-corrected chi connectivity index (χ3v) is 2.63. The Kier molecular flexibility index (Phi) is 9.82.